The first-order chi connectivity index (χ1) is 18.4. The van der Waals surface area contributed by atoms with Gasteiger partial charge in [0.2, 0.25) is 10.0 Å². The van der Waals surface area contributed by atoms with Gasteiger partial charge in [-0.1, -0.05) is 61.3 Å². The molecule has 5 nitrogen and oxygen atoms in total. The lowest BCUT2D eigenvalue weighted by Crippen LogP contribution is -2.26. The van der Waals surface area contributed by atoms with Gasteiger partial charge < -0.3 is 4.74 Å². The number of halogens is 1. The maximum atomic E-state index is 12.6. The monoisotopic (exact) mass is 554 g/mol. The molecule has 7 heteroatoms. The number of para-hydroxylation sites is 1. The molecular weight excluding hydrogens is 516 g/mol. The second-order valence-corrected chi connectivity index (χ2v) is 12.2. The van der Waals surface area contributed by atoms with Crippen molar-refractivity contribution >= 4 is 21.6 Å². The third kappa shape index (κ3) is 8.57. The van der Waals surface area contributed by atoms with Gasteiger partial charge in [0, 0.05) is 18.1 Å². The fraction of sp³-hybridized carbons (Fsp3) is 0.419. The fourth-order valence-electron chi connectivity index (χ4n) is 5.01. The van der Waals surface area contributed by atoms with Crippen molar-refractivity contribution in [3.8, 4) is 5.75 Å². The van der Waals surface area contributed by atoms with Crippen molar-refractivity contribution in [3.63, 3.8) is 0 Å². The summed E-state index contributed by atoms with van der Waals surface area (Å²) in [5.41, 5.74) is 4.96. The molecule has 0 radical (unpaired) electrons. The van der Waals surface area contributed by atoms with E-state index in [9.17, 15) is 8.42 Å². The summed E-state index contributed by atoms with van der Waals surface area (Å²) in [5.74, 6) is 0.980. The van der Waals surface area contributed by atoms with Gasteiger partial charge in [0.05, 0.1) is 4.90 Å². The summed E-state index contributed by atoms with van der Waals surface area (Å²) in [6.07, 6.45) is 7.11. The van der Waals surface area contributed by atoms with Crippen LogP contribution in [0.1, 0.15) is 48.4 Å². The van der Waals surface area contributed by atoms with E-state index in [2.05, 4.69) is 52.9 Å². The smallest absolute Gasteiger partial charge is 0.240 e. The summed E-state index contributed by atoms with van der Waals surface area (Å²) in [5, 5.41) is 0.514. The van der Waals surface area contributed by atoms with Crippen molar-refractivity contribution in [1.82, 2.24) is 9.62 Å². The van der Waals surface area contributed by atoms with E-state index in [1.54, 1.807) is 12.1 Å². The summed E-state index contributed by atoms with van der Waals surface area (Å²) in [6.45, 7) is 6.60. The zero-order valence-electron chi connectivity index (χ0n) is 22.3. The first-order valence-corrected chi connectivity index (χ1v) is 15.6. The Hall–Kier alpha value is -2.38. The molecular formula is C31H39ClN2O3S. The van der Waals surface area contributed by atoms with Gasteiger partial charge in [-0.3, -0.25) is 4.90 Å². The zero-order valence-corrected chi connectivity index (χ0v) is 23.9. The van der Waals surface area contributed by atoms with Gasteiger partial charge >= 0.3 is 0 Å². The molecule has 0 aromatic heterocycles. The van der Waals surface area contributed by atoms with Crippen LogP contribution in [-0.4, -0.2) is 46.1 Å². The number of sulfonamides is 1. The van der Waals surface area contributed by atoms with Crippen LogP contribution in [0.25, 0.3) is 0 Å². The number of aryl methyl sites for hydroxylation is 3. The van der Waals surface area contributed by atoms with Crippen molar-refractivity contribution in [3.05, 3.63) is 94.0 Å². The van der Waals surface area contributed by atoms with Crippen LogP contribution in [0, 0.1) is 0 Å². The normalized spacial score (nSPS) is 14.2. The molecule has 3 aromatic carbocycles. The Balaban J connectivity index is 1.36. The maximum Gasteiger partial charge on any atom is 0.240 e. The summed E-state index contributed by atoms with van der Waals surface area (Å²) < 4.78 is 34.2. The first-order valence-electron chi connectivity index (χ1n) is 13.7. The van der Waals surface area contributed by atoms with Crippen molar-refractivity contribution in [2.45, 2.75) is 56.8 Å². The van der Waals surface area contributed by atoms with Crippen LogP contribution in [-0.2, 0) is 35.7 Å². The van der Waals surface area contributed by atoms with Crippen LogP contribution in [0.4, 0.5) is 0 Å². The lowest BCUT2D eigenvalue weighted by molar-refractivity contribution is 0.236. The van der Waals surface area contributed by atoms with Gasteiger partial charge in [-0.05, 0) is 104 Å². The number of rotatable bonds is 14. The zero-order chi connectivity index (χ0) is 26.8. The maximum absolute atomic E-state index is 12.6. The topological polar surface area (TPSA) is 58.6 Å². The number of hydrogen-bond donors (Lipinski definition) is 1. The number of likely N-dealkylation sites (tertiary alicyclic amines) is 1. The number of hydrogen-bond acceptors (Lipinski definition) is 4. The molecule has 4 rings (SSSR count). The molecule has 0 amide bonds. The van der Waals surface area contributed by atoms with E-state index in [0.717, 1.165) is 50.1 Å². The molecule has 1 aliphatic heterocycles. The highest BCUT2D eigenvalue weighted by molar-refractivity contribution is 7.89. The van der Waals surface area contributed by atoms with Crippen LogP contribution in [0.15, 0.2) is 71.6 Å². The molecule has 3 aromatic rings. The molecule has 1 N–H and O–H groups in total. The molecule has 1 fully saturated rings. The average molecular weight is 555 g/mol. The average Bonchev–Trinajstić information content (AvgIpc) is 3.42. The minimum atomic E-state index is -3.57. The second-order valence-electron chi connectivity index (χ2n) is 10.0. The predicted octanol–water partition coefficient (Wildman–Crippen LogP) is 6.07. The van der Waals surface area contributed by atoms with Crippen LogP contribution < -0.4 is 9.46 Å². The highest BCUT2D eigenvalue weighted by Crippen LogP contribution is 2.22. The van der Waals surface area contributed by atoms with E-state index < -0.39 is 10.0 Å². The fourth-order valence-corrected chi connectivity index (χ4v) is 6.17. The number of benzene rings is 3. The van der Waals surface area contributed by atoms with E-state index >= 15 is 0 Å². The minimum Gasteiger partial charge on any atom is -0.492 e. The van der Waals surface area contributed by atoms with Crippen molar-refractivity contribution in [1.29, 1.82) is 0 Å². The standard InChI is InChI=1S/C31H39ClN2O3S/c1-2-7-25-22-26(10-11-28-8-3-4-9-31(28)37-21-20-34-18-5-6-19-34)24-27(23-25)16-17-33-38(35,36)30-14-12-29(32)13-15-30/h3-4,8-9,12-15,22-24,33H,2,5-7,10-11,16-21H2,1H3. The van der Waals surface area contributed by atoms with Crippen LogP contribution in [0.2, 0.25) is 5.02 Å². The van der Waals surface area contributed by atoms with Crippen molar-refractivity contribution < 1.29 is 13.2 Å². The van der Waals surface area contributed by atoms with Crippen molar-refractivity contribution in [2.75, 3.05) is 32.8 Å². The van der Waals surface area contributed by atoms with Crippen molar-refractivity contribution in [2.24, 2.45) is 0 Å². The molecule has 1 saturated heterocycles. The Labute approximate surface area is 233 Å². The van der Waals surface area contributed by atoms with E-state index in [1.807, 2.05) is 6.07 Å². The Kier molecular flexibility index (Phi) is 10.6. The highest BCUT2D eigenvalue weighted by Gasteiger charge is 2.14. The Morgan fingerprint density at radius 2 is 1.53 bits per heavy atom. The van der Waals surface area contributed by atoms with E-state index in [1.165, 1.54) is 54.8 Å². The number of nitrogens with one attached hydrogen (secondary N) is 1. The Morgan fingerprint density at radius 1 is 0.868 bits per heavy atom. The lowest BCUT2D eigenvalue weighted by Gasteiger charge is -2.17. The second kappa shape index (κ2) is 14.1. The molecule has 204 valence electrons. The molecule has 0 spiro atoms. The summed E-state index contributed by atoms with van der Waals surface area (Å²) in [7, 11) is -3.57. The number of nitrogens with zero attached hydrogens (tertiary/aromatic N) is 1. The molecule has 1 heterocycles. The molecule has 0 aliphatic carbocycles. The van der Waals surface area contributed by atoms with Gasteiger partial charge in [-0.25, -0.2) is 13.1 Å². The molecule has 0 atom stereocenters. The molecule has 0 unspecified atom stereocenters. The third-order valence-corrected chi connectivity index (χ3v) is 8.73. The molecule has 38 heavy (non-hydrogen) atoms. The summed E-state index contributed by atoms with van der Waals surface area (Å²) in [6, 6.07) is 21.3. The van der Waals surface area contributed by atoms with Crippen LogP contribution in [0.3, 0.4) is 0 Å². The summed E-state index contributed by atoms with van der Waals surface area (Å²) >= 11 is 5.90. The Bertz CT molecular complexity index is 1270. The Morgan fingerprint density at radius 3 is 2.24 bits per heavy atom. The molecule has 1 aliphatic rings. The highest BCUT2D eigenvalue weighted by atomic mass is 35.5. The quantitative estimate of drug-likeness (QED) is 0.263. The van der Waals surface area contributed by atoms with Gasteiger partial charge in [0.25, 0.3) is 0 Å². The van der Waals surface area contributed by atoms with E-state index in [-0.39, 0.29) is 4.90 Å². The van der Waals surface area contributed by atoms with Gasteiger partial charge in [-0.2, -0.15) is 0 Å². The van der Waals surface area contributed by atoms with Crippen LogP contribution >= 0.6 is 11.6 Å². The van der Waals surface area contributed by atoms with Gasteiger partial charge in [0.15, 0.2) is 0 Å². The van der Waals surface area contributed by atoms with Gasteiger partial charge in [-0.15, -0.1) is 0 Å². The number of ether oxygens (including phenoxy) is 1. The van der Waals surface area contributed by atoms with Gasteiger partial charge in [0.1, 0.15) is 12.4 Å². The van der Waals surface area contributed by atoms with E-state index in [4.69, 9.17) is 16.3 Å². The third-order valence-electron chi connectivity index (χ3n) is 7.00. The first kappa shape index (κ1) is 28.6. The predicted molar refractivity (Wildman–Crippen MR) is 156 cm³/mol. The molecule has 0 bridgehead atoms. The largest absolute Gasteiger partial charge is 0.492 e. The lowest BCUT2D eigenvalue weighted by atomic mass is 9.96. The minimum absolute atomic E-state index is 0.226. The van der Waals surface area contributed by atoms with E-state index in [0.29, 0.717) is 18.0 Å². The summed E-state index contributed by atoms with van der Waals surface area (Å²) in [4.78, 5) is 2.70. The van der Waals surface area contributed by atoms with Crippen LogP contribution in [0.5, 0.6) is 5.75 Å². The molecule has 0 saturated carbocycles. The SMILES string of the molecule is CCCc1cc(CCNS(=O)(=O)c2ccc(Cl)cc2)cc(CCc2ccccc2OCCN2CCCC2)c1.